The van der Waals surface area contributed by atoms with Gasteiger partial charge >= 0.3 is 0 Å². The van der Waals surface area contributed by atoms with Crippen molar-refractivity contribution in [2.45, 2.75) is 36.6 Å². The number of nitrogens with one attached hydrogen (secondary N) is 3. The molecule has 0 saturated carbocycles. The normalized spacial score (nSPS) is 16.0. The zero-order chi connectivity index (χ0) is 21.4. The largest absolute Gasteiger partial charge is 0.355 e. The van der Waals surface area contributed by atoms with E-state index in [1.807, 2.05) is 0 Å². The lowest BCUT2D eigenvalue weighted by molar-refractivity contribution is 0.198. The monoisotopic (exact) mass is 577 g/mol. The van der Waals surface area contributed by atoms with E-state index in [0.29, 0.717) is 29.3 Å². The van der Waals surface area contributed by atoms with E-state index in [2.05, 4.69) is 56.4 Å². The second-order valence-electron chi connectivity index (χ2n) is 7.45. The lowest BCUT2D eigenvalue weighted by atomic mass is 10.0. The molecule has 0 atom stereocenters. The van der Waals surface area contributed by atoms with Gasteiger partial charge in [0.05, 0.1) is 0 Å². The summed E-state index contributed by atoms with van der Waals surface area (Å²) in [7, 11) is -1.69. The number of rotatable bonds is 8. The molecule has 1 aromatic carbocycles. The third kappa shape index (κ3) is 8.01. The number of nitrogens with zero attached hydrogens (tertiary/aromatic N) is 2. The van der Waals surface area contributed by atoms with Gasteiger partial charge in [0.1, 0.15) is 4.21 Å². The van der Waals surface area contributed by atoms with Crippen LogP contribution in [0.5, 0.6) is 0 Å². The lowest BCUT2D eigenvalue weighted by Crippen LogP contribution is -2.49. The summed E-state index contributed by atoms with van der Waals surface area (Å²) in [6.45, 7) is 6.02. The molecule has 0 unspecified atom stereocenters. The maximum Gasteiger partial charge on any atom is 0.250 e. The first-order chi connectivity index (χ1) is 14.5. The van der Waals surface area contributed by atoms with E-state index in [4.69, 9.17) is 0 Å². The average Bonchev–Trinajstić information content (AvgIpc) is 3.29. The van der Waals surface area contributed by atoms with E-state index in [9.17, 15) is 8.42 Å². The third-order valence-corrected chi connectivity index (χ3v) is 8.14. The first-order valence-corrected chi connectivity index (χ1v) is 12.6. The first kappa shape index (κ1) is 26.0. The van der Waals surface area contributed by atoms with Gasteiger partial charge in [-0.05, 0) is 42.3 Å². The molecule has 1 fully saturated rings. The van der Waals surface area contributed by atoms with Crippen LogP contribution in [-0.4, -0.2) is 58.5 Å². The Labute approximate surface area is 206 Å². The molecule has 0 radical (unpaired) electrons. The number of aliphatic imine (C=N–C) groups is 1. The highest BCUT2D eigenvalue weighted by Gasteiger charge is 2.20. The molecule has 1 aromatic heterocycles. The Morgan fingerprint density at radius 1 is 1.16 bits per heavy atom. The highest BCUT2D eigenvalue weighted by molar-refractivity contribution is 14.0. The van der Waals surface area contributed by atoms with E-state index in [0.717, 1.165) is 32.5 Å². The van der Waals surface area contributed by atoms with Gasteiger partial charge in [-0.3, -0.25) is 9.89 Å². The summed E-state index contributed by atoms with van der Waals surface area (Å²) in [6.07, 6.45) is 2.11. The van der Waals surface area contributed by atoms with E-state index < -0.39 is 10.0 Å². The van der Waals surface area contributed by atoms with Crippen LogP contribution in [0.4, 0.5) is 0 Å². The Kier molecular flexibility index (Phi) is 10.7. The van der Waals surface area contributed by atoms with Crippen molar-refractivity contribution in [3.8, 4) is 0 Å². The fourth-order valence-electron chi connectivity index (χ4n) is 3.51. The zero-order valence-electron chi connectivity index (χ0n) is 18.0. The van der Waals surface area contributed by atoms with Crippen LogP contribution in [0.2, 0.25) is 0 Å². The van der Waals surface area contributed by atoms with Gasteiger partial charge in [-0.15, -0.1) is 35.3 Å². The molecule has 3 N–H and O–H groups in total. The van der Waals surface area contributed by atoms with Crippen LogP contribution in [0, 0.1) is 6.92 Å². The summed E-state index contributed by atoms with van der Waals surface area (Å²) in [4.78, 5) is 6.77. The molecule has 2 aromatic rings. The quantitative estimate of drug-likeness (QED) is 0.195. The van der Waals surface area contributed by atoms with Gasteiger partial charge in [0, 0.05) is 45.8 Å². The van der Waals surface area contributed by atoms with Crippen molar-refractivity contribution in [3.63, 3.8) is 0 Å². The fourth-order valence-corrected chi connectivity index (χ4v) is 5.57. The molecule has 10 heteroatoms. The molecule has 172 valence electrons. The minimum atomic E-state index is -3.42. The van der Waals surface area contributed by atoms with Crippen LogP contribution < -0.4 is 15.4 Å². The molecule has 0 spiro atoms. The number of guanidine groups is 1. The summed E-state index contributed by atoms with van der Waals surface area (Å²) in [6, 6.07) is 12.3. The number of hydrogen-bond acceptors (Lipinski definition) is 5. The predicted octanol–water partition coefficient (Wildman–Crippen LogP) is 2.78. The topological polar surface area (TPSA) is 85.8 Å². The van der Waals surface area contributed by atoms with Gasteiger partial charge < -0.3 is 10.6 Å². The Morgan fingerprint density at radius 3 is 2.55 bits per heavy atom. The summed E-state index contributed by atoms with van der Waals surface area (Å²) in [5, 5.41) is 8.41. The van der Waals surface area contributed by atoms with Crippen LogP contribution in [0.25, 0.3) is 0 Å². The van der Waals surface area contributed by atoms with Crippen LogP contribution in [0.15, 0.2) is 51.0 Å². The zero-order valence-corrected chi connectivity index (χ0v) is 22.0. The molecule has 3 rings (SSSR count). The standard InChI is InChI=1S/C21H31N5O2S2.HI/c1-17-6-3-4-7-18(17)16-26-13-9-19(10-14-26)25-21(22-2)23-11-12-24-30(27,28)20-8-5-15-29-20;/h3-8,15,19,24H,9-14,16H2,1-2H3,(H2,22,23,25);1H. The highest BCUT2D eigenvalue weighted by Crippen LogP contribution is 2.16. The molecular formula is C21H32IN5O2S2. The van der Waals surface area contributed by atoms with Crippen LogP contribution in [0.3, 0.4) is 0 Å². The number of likely N-dealkylation sites (tertiary alicyclic amines) is 1. The molecule has 31 heavy (non-hydrogen) atoms. The van der Waals surface area contributed by atoms with Gasteiger partial charge in [0.25, 0.3) is 0 Å². The average molecular weight is 578 g/mol. The molecular weight excluding hydrogens is 545 g/mol. The van der Waals surface area contributed by atoms with Crippen molar-refractivity contribution in [2.24, 2.45) is 4.99 Å². The second-order valence-corrected chi connectivity index (χ2v) is 10.4. The molecule has 0 amide bonds. The molecule has 0 aliphatic carbocycles. The van der Waals surface area contributed by atoms with Crippen LogP contribution in [-0.2, 0) is 16.6 Å². The van der Waals surface area contributed by atoms with Gasteiger partial charge in [-0.1, -0.05) is 30.3 Å². The second kappa shape index (κ2) is 12.7. The Morgan fingerprint density at radius 2 is 1.90 bits per heavy atom. The summed E-state index contributed by atoms with van der Waals surface area (Å²) in [5.74, 6) is 0.711. The van der Waals surface area contributed by atoms with E-state index >= 15 is 0 Å². The van der Waals surface area contributed by atoms with Gasteiger partial charge in [0.2, 0.25) is 10.0 Å². The number of benzene rings is 1. The molecule has 1 saturated heterocycles. The summed E-state index contributed by atoms with van der Waals surface area (Å²) >= 11 is 1.21. The van der Waals surface area contributed by atoms with Crippen molar-refractivity contribution in [1.82, 2.24) is 20.3 Å². The van der Waals surface area contributed by atoms with Crippen molar-refractivity contribution < 1.29 is 8.42 Å². The number of thiophene rings is 1. The maximum atomic E-state index is 12.1. The van der Waals surface area contributed by atoms with Crippen molar-refractivity contribution in [2.75, 3.05) is 33.2 Å². The van der Waals surface area contributed by atoms with E-state index in [1.165, 1.54) is 22.5 Å². The number of hydrogen-bond donors (Lipinski definition) is 3. The van der Waals surface area contributed by atoms with Gasteiger partial charge in [-0.2, -0.15) is 0 Å². The third-order valence-electron chi connectivity index (χ3n) is 5.28. The molecule has 2 heterocycles. The smallest absolute Gasteiger partial charge is 0.250 e. The van der Waals surface area contributed by atoms with Crippen LogP contribution in [0.1, 0.15) is 24.0 Å². The Hall–Kier alpha value is -1.21. The predicted molar refractivity (Wildman–Crippen MR) is 139 cm³/mol. The van der Waals surface area contributed by atoms with Gasteiger partial charge in [0.15, 0.2) is 5.96 Å². The van der Waals surface area contributed by atoms with Crippen molar-refractivity contribution >= 4 is 51.3 Å². The van der Waals surface area contributed by atoms with Crippen molar-refractivity contribution in [3.05, 3.63) is 52.9 Å². The lowest BCUT2D eigenvalue weighted by Gasteiger charge is -2.33. The number of piperidine rings is 1. The Balaban J connectivity index is 0.00000341. The molecule has 7 nitrogen and oxygen atoms in total. The summed E-state index contributed by atoms with van der Waals surface area (Å²) < 4.78 is 27.2. The number of halogens is 1. The molecule has 0 bridgehead atoms. The van der Waals surface area contributed by atoms with E-state index in [1.54, 1.807) is 24.6 Å². The minimum Gasteiger partial charge on any atom is -0.355 e. The Bertz CT molecular complexity index is 927. The minimum absolute atomic E-state index is 0. The first-order valence-electron chi connectivity index (χ1n) is 10.2. The number of aryl methyl sites for hydroxylation is 1. The molecule has 1 aliphatic heterocycles. The van der Waals surface area contributed by atoms with E-state index in [-0.39, 0.29) is 24.0 Å². The fraction of sp³-hybridized carbons (Fsp3) is 0.476. The number of sulfonamides is 1. The SMILES string of the molecule is CN=C(NCCNS(=O)(=O)c1cccs1)NC1CCN(Cc2ccccc2C)CC1.I. The van der Waals surface area contributed by atoms with Gasteiger partial charge in [-0.25, -0.2) is 13.1 Å². The highest BCUT2D eigenvalue weighted by atomic mass is 127. The molecule has 1 aliphatic rings. The van der Waals surface area contributed by atoms with Crippen molar-refractivity contribution in [1.29, 1.82) is 0 Å². The summed E-state index contributed by atoms with van der Waals surface area (Å²) in [5.41, 5.74) is 2.74. The maximum absolute atomic E-state index is 12.1. The van der Waals surface area contributed by atoms with Crippen LogP contribution >= 0.6 is 35.3 Å².